The lowest BCUT2D eigenvalue weighted by Crippen LogP contribution is -2.49. The Bertz CT molecular complexity index is 1350. The van der Waals surface area contributed by atoms with Crippen molar-refractivity contribution in [3.05, 3.63) is 51.7 Å². The molecular formula is C23H25FN6O4. The fourth-order valence-corrected chi connectivity index (χ4v) is 4.67. The molecule has 1 fully saturated rings. The Hall–Kier alpha value is -3.89. The Labute approximate surface area is 194 Å². The van der Waals surface area contributed by atoms with Gasteiger partial charge in [-0.25, -0.2) is 9.07 Å². The van der Waals surface area contributed by atoms with Crippen molar-refractivity contribution < 1.29 is 19.1 Å². The maximum Gasteiger partial charge on any atom is 0.280 e. The van der Waals surface area contributed by atoms with Crippen LogP contribution in [0.15, 0.2) is 29.1 Å². The molecule has 2 aliphatic rings. The van der Waals surface area contributed by atoms with E-state index in [-0.39, 0.29) is 41.0 Å². The van der Waals surface area contributed by atoms with Gasteiger partial charge in [0.15, 0.2) is 17.3 Å². The van der Waals surface area contributed by atoms with Crippen LogP contribution in [-0.2, 0) is 17.9 Å². The minimum absolute atomic E-state index is 0.00891. The normalized spacial score (nSPS) is 16.3. The van der Waals surface area contributed by atoms with E-state index >= 15 is 0 Å². The molecule has 2 aliphatic heterocycles. The summed E-state index contributed by atoms with van der Waals surface area (Å²) in [6.45, 7) is 4.43. The smallest absolute Gasteiger partial charge is 0.280 e. The molecule has 4 heterocycles. The molecule has 1 N–H and O–H groups in total. The van der Waals surface area contributed by atoms with E-state index in [1.165, 1.54) is 28.6 Å². The molecule has 10 nitrogen and oxygen atoms in total. The van der Waals surface area contributed by atoms with Crippen LogP contribution >= 0.6 is 0 Å². The van der Waals surface area contributed by atoms with Gasteiger partial charge in [0.25, 0.3) is 11.5 Å². The summed E-state index contributed by atoms with van der Waals surface area (Å²) in [5.74, 6) is -0.639. The predicted octanol–water partition coefficient (Wildman–Crippen LogP) is 0.845. The fourth-order valence-electron chi connectivity index (χ4n) is 4.67. The van der Waals surface area contributed by atoms with Gasteiger partial charge < -0.3 is 24.4 Å². The molecule has 0 spiro atoms. The van der Waals surface area contributed by atoms with E-state index in [9.17, 15) is 23.9 Å². The van der Waals surface area contributed by atoms with Crippen molar-refractivity contribution in [2.75, 3.05) is 44.7 Å². The maximum absolute atomic E-state index is 13.5. The molecule has 1 saturated heterocycles. The Balaban J connectivity index is 1.69. The topological polar surface area (TPSA) is 104 Å². The van der Waals surface area contributed by atoms with Gasteiger partial charge in [-0.3, -0.25) is 14.4 Å². The van der Waals surface area contributed by atoms with Crippen LogP contribution in [0.3, 0.4) is 0 Å². The van der Waals surface area contributed by atoms with Gasteiger partial charge in [-0.1, -0.05) is 12.1 Å². The first-order valence-electron chi connectivity index (χ1n) is 11.1. The summed E-state index contributed by atoms with van der Waals surface area (Å²) in [7, 11) is 1.65. The zero-order valence-corrected chi connectivity index (χ0v) is 19.0. The van der Waals surface area contributed by atoms with Crippen LogP contribution in [0, 0.1) is 5.82 Å². The number of hydrogen-bond acceptors (Lipinski definition) is 6. The molecule has 11 heteroatoms. The predicted molar refractivity (Wildman–Crippen MR) is 123 cm³/mol. The number of likely N-dealkylation sites (N-methyl/N-ethyl adjacent to an activating group) is 1. The molecule has 2 aromatic heterocycles. The van der Waals surface area contributed by atoms with E-state index in [2.05, 4.69) is 5.10 Å². The van der Waals surface area contributed by atoms with Gasteiger partial charge in [-0.2, -0.15) is 0 Å². The Morgan fingerprint density at radius 3 is 2.38 bits per heavy atom. The second kappa shape index (κ2) is 8.15. The lowest BCUT2D eigenvalue weighted by atomic mass is 10.2. The fraction of sp³-hybridized carbons (Fsp3) is 0.391. The third-order valence-corrected chi connectivity index (χ3v) is 6.59. The van der Waals surface area contributed by atoms with E-state index in [1.807, 2.05) is 4.90 Å². The van der Waals surface area contributed by atoms with Crippen molar-refractivity contribution >= 4 is 28.5 Å². The number of hydrogen-bond donors (Lipinski definition) is 1. The second-order valence-electron chi connectivity index (χ2n) is 8.71. The molecule has 5 rings (SSSR count). The first-order valence-corrected chi connectivity index (χ1v) is 11.1. The average Bonchev–Trinajstić information content (AvgIpc) is 3.13. The first kappa shape index (κ1) is 21.9. The van der Waals surface area contributed by atoms with E-state index in [0.717, 1.165) is 0 Å². The summed E-state index contributed by atoms with van der Waals surface area (Å²) in [6, 6.07) is 5.76. The summed E-state index contributed by atoms with van der Waals surface area (Å²) in [4.78, 5) is 43.3. The number of rotatable bonds is 3. The number of aromatic nitrogens is 3. The van der Waals surface area contributed by atoms with Crippen molar-refractivity contribution in [1.29, 1.82) is 0 Å². The van der Waals surface area contributed by atoms with Gasteiger partial charge in [0.2, 0.25) is 5.91 Å². The number of aromatic hydroxyl groups is 1. The minimum atomic E-state index is -0.527. The molecule has 0 unspecified atom stereocenters. The van der Waals surface area contributed by atoms with E-state index in [1.54, 1.807) is 28.6 Å². The number of piperazine rings is 1. The van der Waals surface area contributed by atoms with E-state index < -0.39 is 5.56 Å². The molecule has 0 bridgehead atoms. The third-order valence-electron chi connectivity index (χ3n) is 6.59. The lowest BCUT2D eigenvalue weighted by molar-refractivity contribution is -0.129. The van der Waals surface area contributed by atoms with Crippen LogP contribution in [0.2, 0.25) is 0 Å². The molecule has 2 amide bonds. The number of halogens is 1. The quantitative estimate of drug-likeness (QED) is 0.611. The maximum atomic E-state index is 13.5. The number of carbonyl (C=O) groups is 2. The van der Waals surface area contributed by atoms with Gasteiger partial charge in [-0.15, -0.1) is 5.10 Å². The molecule has 3 aromatic rings. The van der Waals surface area contributed by atoms with Crippen molar-refractivity contribution in [2.45, 2.75) is 20.0 Å². The van der Waals surface area contributed by atoms with E-state index in [0.29, 0.717) is 56.2 Å². The van der Waals surface area contributed by atoms with Gasteiger partial charge >= 0.3 is 0 Å². The molecule has 0 radical (unpaired) electrons. The average molecular weight is 468 g/mol. The Kier molecular flexibility index (Phi) is 5.26. The third kappa shape index (κ3) is 3.47. The Morgan fingerprint density at radius 2 is 1.74 bits per heavy atom. The van der Waals surface area contributed by atoms with Gasteiger partial charge in [0, 0.05) is 53.2 Å². The van der Waals surface area contributed by atoms with Crippen molar-refractivity contribution in [1.82, 2.24) is 24.1 Å². The highest BCUT2D eigenvalue weighted by molar-refractivity contribution is 6.06. The van der Waals surface area contributed by atoms with E-state index in [4.69, 9.17) is 0 Å². The first-order chi connectivity index (χ1) is 16.3. The second-order valence-corrected chi connectivity index (χ2v) is 8.71. The largest absolute Gasteiger partial charge is 0.505 e. The zero-order chi connectivity index (χ0) is 24.1. The molecule has 0 atom stereocenters. The molecule has 34 heavy (non-hydrogen) atoms. The van der Waals surface area contributed by atoms with Crippen molar-refractivity contribution in [2.24, 2.45) is 0 Å². The highest BCUT2D eigenvalue weighted by atomic mass is 19.1. The summed E-state index contributed by atoms with van der Waals surface area (Å²) in [6.07, 6.45) is 0. The van der Waals surface area contributed by atoms with Gasteiger partial charge in [0.05, 0.1) is 6.54 Å². The van der Waals surface area contributed by atoms with Crippen LogP contribution in [0.5, 0.6) is 5.75 Å². The number of amides is 2. The minimum Gasteiger partial charge on any atom is -0.505 e. The summed E-state index contributed by atoms with van der Waals surface area (Å²) in [5, 5.41) is 15.7. The highest BCUT2D eigenvalue weighted by Gasteiger charge is 2.34. The van der Waals surface area contributed by atoms with Crippen LogP contribution in [0.1, 0.15) is 23.0 Å². The lowest BCUT2D eigenvalue weighted by Gasteiger charge is -2.35. The summed E-state index contributed by atoms with van der Waals surface area (Å²) in [5.41, 5.74) is 0.638. The highest BCUT2D eigenvalue weighted by Crippen LogP contribution is 2.37. The number of benzene rings is 1. The standard InChI is InChI=1S/C23H25FN6O4/c1-14(31)27-8-10-28(11-9-27)21-18-17(20(32)19-23(34)26(2)7-12-29(18)19)22(33)30(25-21)13-15-3-5-16(24)6-4-15/h3-6,32H,7-13H2,1-2H3. The van der Waals surface area contributed by atoms with Crippen LogP contribution in [0.25, 0.3) is 10.9 Å². The van der Waals surface area contributed by atoms with Crippen LogP contribution < -0.4 is 10.5 Å². The molecule has 0 saturated carbocycles. The Morgan fingerprint density at radius 1 is 1.06 bits per heavy atom. The number of fused-ring (bicyclic) bond motifs is 3. The van der Waals surface area contributed by atoms with Gasteiger partial charge in [0.1, 0.15) is 16.7 Å². The van der Waals surface area contributed by atoms with Crippen molar-refractivity contribution in [3.8, 4) is 5.75 Å². The monoisotopic (exact) mass is 468 g/mol. The number of nitrogens with zero attached hydrogens (tertiary/aromatic N) is 6. The number of anilines is 1. The number of carbonyl (C=O) groups excluding carboxylic acids is 2. The van der Waals surface area contributed by atoms with Crippen LogP contribution in [0.4, 0.5) is 10.2 Å². The molecular weight excluding hydrogens is 443 g/mol. The van der Waals surface area contributed by atoms with Crippen molar-refractivity contribution in [3.63, 3.8) is 0 Å². The van der Waals surface area contributed by atoms with Crippen LogP contribution in [-0.4, -0.2) is 80.8 Å². The van der Waals surface area contributed by atoms with Gasteiger partial charge in [-0.05, 0) is 17.7 Å². The summed E-state index contributed by atoms with van der Waals surface area (Å²) < 4.78 is 16.3. The zero-order valence-electron chi connectivity index (χ0n) is 19.0. The molecule has 0 aliphatic carbocycles. The molecule has 178 valence electrons. The summed E-state index contributed by atoms with van der Waals surface area (Å²) >= 11 is 0. The molecule has 1 aromatic carbocycles. The SMILES string of the molecule is CC(=O)N1CCN(c2nn(Cc3ccc(F)cc3)c(=O)c3c(O)c4n(c23)CCN(C)C4=O)CC1.